The number of rotatable bonds is 7. The third-order valence-corrected chi connectivity index (χ3v) is 6.21. The summed E-state index contributed by atoms with van der Waals surface area (Å²) in [5.74, 6) is 1.36. The number of nitrogens with one attached hydrogen (secondary N) is 2. The van der Waals surface area contributed by atoms with Crippen LogP contribution in [0.2, 0.25) is 0 Å². The fourth-order valence-corrected chi connectivity index (χ4v) is 4.10. The zero-order valence-electron chi connectivity index (χ0n) is 15.2. The fourth-order valence-electron chi connectivity index (χ4n) is 2.64. The van der Waals surface area contributed by atoms with Crippen LogP contribution in [0.4, 0.5) is 5.13 Å². The standard InChI is InChI=1S/C19H21N5OS2/c1-3-12-4-6-13(7-5-12)15-10-26-18(20-15)22-17(25)11(2)27-19-21-16(23-24-19)14-8-9-14/h4-7,10-11,14H,3,8-9H2,1-2H3,(H,20,22,25)(H,21,23,24). The highest BCUT2D eigenvalue weighted by molar-refractivity contribution is 8.00. The second kappa shape index (κ2) is 7.82. The largest absolute Gasteiger partial charge is 0.301 e. The van der Waals surface area contributed by atoms with Crippen molar-refractivity contribution >= 4 is 34.1 Å². The molecule has 1 saturated carbocycles. The van der Waals surface area contributed by atoms with E-state index in [1.54, 1.807) is 0 Å². The van der Waals surface area contributed by atoms with E-state index in [4.69, 9.17) is 0 Å². The van der Waals surface area contributed by atoms with E-state index in [0.717, 1.165) is 23.5 Å². The van der Waals surface area contributed by atoms with E-state index in [1.165, 1.54) is 41.5 Å². The number of thiazole rings is 1. The minimum Gasteiger partial charge on any atom is -0.301 e. The van der Waals surface area contributed by atoms with Crippen molar-refractivity contribution in [1.82, 2.24) is 20.2 Å². The Hall–Kier alpha value is -2.19. The third kappa shape index (κ3) is 4.39. The molecule has 3 aromatic rings. The first-order valence-electron chi connectivity index (χ1n) is 9.07. The minimum atomic E-state index is -0.302. The summed E-state index contributed by atoms with van der Waals surface area (Å²) in [5.41, 5.74) is 3.23. The number of nitrogens with zero attached hydrogens (tertiary/aromatic N) is 3. The Kier molecular flexibility index (Phi) is 5.27. The van der Waals surface area contributed by atoms with Crippen LogP contribution in [-0.4, -0.2) is 31.3 Å². The van der Waals surface area contributed by atoms with Crippen LogP contribution in [0.3, 0.4) is 0 Å². The molecule has 2 N–H and O–H groups in total. The number of aryl methyl sites for hydroxylation is 1. The molecule has 1 unspecified atom stereocenters. The van der Waals surface area contributed by atoms with Crippen molar-refractivity contribution in [2.24, 2.45) is 0 Å². The molecule has 2 aromatic heterocycles. The Morgan fingerprint density at radius 1 is 1.33 bits per heavy atom. The van der Waals surface area contributed by atoms with Gasteiger partial charge in [0.25, 0.3) is 0 Å². The number of aromatic nitrogens is 4. The lowest BCUT2D eigenvalue weighted by Crippen LogP contribution is -2.22. The molecular weight excluding hydrogens is 378 g/mol. The van der Waals surface area contributed by atoms with Gasteiger partial charge >= 0.3 is 0 Å². The molecule has 1 aliphatic carbocycles. The number of hydrogen-bond acceptors (Lipinski definition) is 6. The lowest BCUT2D eigenvalue weighted by atomic mass is 10.1. The van der Waals surface area contributed by atoms with Crippen LogP contribution in [0, 0.1) is 0 Å². The van der Waals surface area contributed by atoms with E-state index in [0.29, 0.717) is 16.2 Å². The lowest BCUT2D eigenvalue weighted by molar-refractivity contribution is -0.115. The van der Waals surface area contributed by atoms with E-state index in [9.17, 15) is 4.79 Å². The van der Waals surface area contributed by atoms with E-state index in [2.05, 4.69) is 56.7 Å². The summed E-state index contributed by atoms with van der Waals surface area (Å²) in [6.07, 6.45) is 3.35. The van der Waals surface area contributed by atoms with Gasteiger partial charge in [0.1, 0.15) is 5.82 Å². The molecule has 0 bridgehead atoms. The molecule has 1 aliphatic rings. The molecule has 8 heteroatoms. The highest BCUT2D eigenvalue weighted by atomic mass is 32.2. The number of aromatic amines is 1. The lowest BCUT2D eigenvalue weighted by Gasteiger charge is -2.07. The van der Waals surface area contributed by atoms with Crippen molar-refractivity contribution in [1.29, 1.82) is 0 Å². The van der Waals surface area contributed by atoms with E-state index in [1.807, 2.05) is 12.3 Å². The molecule has 1 fully saturated rings. The van der Waals surface area contributed by atoms with Crippen molar-refractivity contribution in [2.45, 2.75) is 49.4 Å². The summed E-state index contributed by atoms with van der Waals surface area (Å²) in [4.78, 5) is 21.5. The third-order valence-electron chi connectivity index (χ3n) is 4.49. The molecule has 6 nitrogen and oxygen atoms in total. The first kappa shape index (κ1) is 18.2. The van der Waals surface area contributed by atoms with Gasteiger partial charge < -0.3 is 5.32 Å². The molecule has 4 rings (SSSR count). The van der Waals surface area contributed by atoms with Gasteiger partial charge in [0, 0.05) is 16.9 Å². The van der Waals surface area contributed by atoms with Crippen LogP contribution in [-0.2, 0) is 11.2 Å². The maximum atomic E-state index is 12.5. The van der Waals surface area contributed by atoms with Gasteiger partial charge in [0.05, 0.1) is 10.9 Å². The Morgan fingerprint density at radius 3 is 2.81 bits per heavy atom. The minimum absolute atomic E-state index is 0.0972. The van der Waals surface area contributed by atoms with Crippen molar-refractivity contribution in [3.05, 3.63) is 41.0 Å². The molecule has 27 heavy (non-hydrogen) atoms. The smallest absolute Gasteiger partial charge is 0.239 e. The van der Waals surface area contributed by atoms with Crippen LogP contribution >= 0.6 is 23.1 Å². The number of anilines is 1. The number of amides is 1. The number of carbonyl (C=O) groups is 1. The van der Waals surface area contributed by atoms with Crippen molar-refractivity contribution < 1.29 is 4.79 Å². The molecule has 0 spiro atoms. The Bertz CT molecular complexity index is 930. The molecule has 0 aliphatic heterocycles. The number of thioether (sulfide) groups is 1. The quantitative estimate of drug-likeness (QED) is 0.572. The number of benzene rings is 1. The highest BCUT2D eigenvalue weighted by Crippen LogP contribution is 2.38. The van der Waals surface area contributed by atoms with Crippen LogP contribution in [0.15, 0.2) is 34.8 Å². The molecule has 1 amide bonds. The summed E-state index contributed by atoms with van der Waals surface area (Å²) in [7, 11) is 0. The average Bonchev–Trinajstić information content (AvgIpc) is 3.25. The van der Waals surface area contributed by atoms with E-state index >= 15 is 0 Å². The zero-order chi connectivity index (χ0) is 18.8. The van der Waals surface area contributed by atoms with Crippen LogP contribution < -0.4 is 5.32 Å². The Morgan fingerprint density at radius 2 is 2.11 bits per heavy atom. The fraction of sp³-hybridized carbons (Fsp3) is 0.368. The maximum Gasteiger partial charge on any atom is 0.239 e. The summed E-state index contributed by atoms with van der Waals surface area (Å²) < 4.78 is 0. The average molecular weight is 400 g/mol. The second-order valence-electron chi connectivity index (χ2n) is 6.62. The number of H-pyrrole nitrogens is 1. The van der Waals surface area contributed by atoms with Gasteiger partial charge in [-0.25, -0.2) is 9.97 Å². The summed E-state index contributed by atoms with van der Waals surface area (Å²) in [6.45, 7) is 3.99. The van der Waals surface area contributed by atoms with Gasteiger partial charge in [-0.15, -0.1) is 16.4 Å². The Balaban J connectivity index is 1.36. The maximum absolute atomic E-state index is 12.5. The predicted molar refractivity (Wildman–Crippen MR) is 109 cm³/mol. The number of carbonyl (C=O) groups excluding carboxylic acids is 1. The topological polar surface area (TPSA) is 83.6 Å². The monoisotopic (exact) mass is 399 g/mol. The van der Waals surface area contributed by atoms with E-state index in [-0.39, 0.29) is 11.2 Å². The summed E-state index contributed by atoms with van der Waals surface area (Å²) in [5, 5.41) is 13.0. The molecule has 2 heterocycles. The second-order valence-corrected chi connectivity index (χ2v) is 8.78. The van der Waals surface area contributed by atoms with Gasteiger partial charge in [0.2, 0.25) is 11.1 Å². The normalized spacial score (nSPS) is 14.9. The predicted octanol–water partition coefficient (Wildman–Crippen LogP) is 4.49. The van der Waals surface area contributed by atoms with Gasteiger partial charge in [-0.1, -0.05) is 43.0 Å². The molecular formula is C19H21N5OS2. The van der Waals surface area contributed by atoms with Crippen molar-refractivity contribution in [2.75, 3.05) is 5.32 Å². The van der Waals surface area contributed by atoms with Crippen molar-refractivity contribution in [3.8, 4) is 11.3 Å². The molecule has 1 aromatic carbocycles. The summed E-state index contributed by atoms with van der Waals surface area (Å²) in [6, 6.07) is 8.36. The van der Waals surface area contributed by atoms with Crippen LogP contribution in [0.5, 0.6) is 0 Å². The molecule has 140 valence electrons. The SMILES string of the molecule is CCc1ccc(-c2csc(NC(=O)C(C)Sc3n[nH]c(C4CC4)n3)n2)cc1. The first-order valence-corrected chi connectivity index (χ1v) is 10.8. The van der Waals surface area contributed by atoms with Gasteiger partial charge in [-0.3, -0.25) is 9.89 Å². The molecule has 1 atom stereocenters. The summed E-state index contributed by atoms with van der Waals surface area (Å²) >= 11 is 2.79. The van der Waals surface area contributed by atoms with Gasteiger partial charge in [-0.05, 0) is 31.7 Å². The Labute approximate surface area is 166 Å². The van der Waals surface area contributed by atoms with E-state index < -0.39 is 0 Å². The molecule has 0 saturated heterocycles. The van der Waals surface area contributed by atoms with Crippen LogP contribution in [0.25, 0.3) is 11.3 Å². The first-order chi connectivity index (χ1) is 13.1. The van der Waals surface area contributed by atoms with Gasteiger partial charge in [0.15, 0.2) is 5.13 Å². The highest BCUT2D eigenvalue weighted by Gasteiger charge is 2.28. The van der Waals surface area contributed by atoms with Crippen LogP contribution in [0.1, 0.15) is 44.0 Å². The number of hydrogen-bond donors (Lipinski definition) is 2. The van der Waals surface area contributed by atoms with Crippen molar-refractivity contribution in [3.63, 3.8) is 0 Å². The molecule has 0 radical (unpaired) electrons. The zero-order valence-corrected chi connectivity index (χ0v) is 16.9. The van der Waals surface area contributed by atoms with Gasteiger partial charge in [-0.2, -0.15) is 0 Å².